The lowest BCUT2D eigenvalue weighted by atomic mass is 10.1. The van der Waals surface area contributed by atoms with Gasteiger partial charge in [0.25, 0.3) is 11.6 Å². The van der Waals surface area contributed by atoms with E-state index >= 15 is 0 Å². The summed E-state index contributed by atoms with van der Waals surface area (Å²) in [6.07, 6.45) is 0.728. The summed E-state index contributed by atoms with van der Waals surface area (Å²) >= 11 is 3.30. The minimum atomic E-state index is -0.449. The molecule has 0 unspecified atom stereocenters. The largest absolute Gasteiger partial charge is 0.352 e. The van der Waals surface area contributed by atoms with Gasteiger partial charge in [-0.05, 0) is 44.5 Å². The first-order valence-corrected chi connectivity index (χ1v) is 9.68. The Bertz CT molecular complexity index is 962. The molecule has 0 radical (unpaired) electrons. The predicted molar refractivity (Wildman–Crippen MR) is 104 cm³/mol. The minimum Gasteiger partial charge on any atom is -0.352 e. The van der Waals surface area contributed by atoms with E-state index < -0.39 is 4.92 Å². The summed E-state index contributed by atoms with van der Waals surface area (Å²) in [4.78, 5) is 29.4. The quantitative estimate of drug-likeness (QED) is 0.503. The van der Waals surface area contributed by atoms with Gasteiger partial charge in [0.2, 0.25) is 0 Å². The van der Waals surface area contributed by atoms with Crippen LogP contribution in [0.4, 0.5) is 5.69 Å². The summed E-state index contributed by atoms with van der Waals surface area (Å²) < 4.78 is 0. The van der Waals surface area contributed by atoms with Crippen molar-refractivity contribution in [3.63, 3.8) is 0 Å². The second-order valence-corrected chi connectivity index (χ2v) is 8.01. The van der Waals surface area contributed by atoms with Gasteiger partial charge in [0.1, 0.15) is 0 Å². The number of hydrogen-bond acceptors (Lipinski definition) is 6. The van der Waals surface area contributed by atoms with Crippen LogP contribution in [-0.2, 0) is 6.42 Å². The van der Waals surface area contributed by atoms with E-state index in [-0.39, 0.29) is 11.6 Å². The highest BCUT2D eigenvalue weighted by molar-refractivity contribution is 7.16. The Hall–Kier alpha value is -2.58. The van der Waals surface area contributed by atoms with Gasteiger partial charge >= 0.3 is 0 Å². The van der Waals surface area contributed by atoms with Gasteiger partial charge in [0, 0.05) is 34.0 Å². The Morgan fingerprint density at radius 3 is 2.73 bits per heavy atom. The number of benzene rings is 1. The number of nitrogens with zero attached hydrogens (tertiary/aromatic N) is 2. The maximum absolute atomic E-state index is 12.2. The van der Waals surface area contributed by atoms with Crippen LogP contribution in [0.1, 0.15) is 25.8 Å². The molecule has 6 nitrogen and oxygen atoms in total. The Kier molecular flexibility index (Phi) is 5.43. The molecule has 134 valence electrons. The van der Waals surface area contributed by atoms with Crippen molar-refractivity contribution < 1.29 is 9.72 Å². The first-order valence-electron chi connectivity index (χ1n) is 7.98. The topological polar surface area (TPSA) is 85.1 Å². The van der Waals surface area contributed by atoms with Crippen LogP contribution in [0.3, 0.4) is 0 Å². The van der Waals surface area contributed by atoms with Gasteiger partial charge in [0.05, 0.1) is 20.5 Å². The van der Waals surface area contributed by atoms with E-state index in [4.69, 9.17) is 0 Å². The molecule has 0 bridgehead atoms. The average molecular weight is 387 g/mol. The molecule has 0 saturated carbocycles. The Labute approximate surface area is 158 Å². The van der Waals surface area contributed by atoms with Crippen molar-refractivity contribution in [2.45, 2.75) is 20.3 Å². The van der Waals surface area contributed by atoms with Crippen LogP contribution < -0.4 is 5.32 Å². The van der Waals surface area contributed by atoms with Crippen molar-refractivity contribution in [2.75, 3.05) is 6.54 Å². The summed E-state index contributed by atoms with van der Waals surface area (Å²) in [7, 11) is 0. The van der Waals surface area contributed by atoms with E-state index in [1.54, 1.807) is 35.7 Å². The maximum Gasteiger partial charge on any atom is 0.272 e. The standard InChI is InChI=1S/C18H17N3O3S2/c1-11-9-13(3-5-16(11)21(23)24)18(22)19-8-7-14-4-6-17(26-14)15-10-25-12(2)20-15/h3-6,9-10H,7-8H2,1-2H3,(H,19,22). The number of amides is 1. The molecule has 0 aliphatic heterocycles. The second kappa shape index (κ2) is 7.76. The van der Waals surface area contributed by atoms with Gasteiger partial charge in [-0.15, -0.1) is 22.7 Å². The van der Waals surface area contributed by atoms with Crippen molar-refractivity contribution >= 4 is 34.3 Å². The lowest BCUT2D eigenvalue weighted by Gasteiger charge is -2.05. The Morgan fingerprint density at radius 2 is 2.08 bits per heavy atom. The SMILES string of the molecule is Cc1nc(-c2ccc(CCNC(=O)c3ccc([N+](=O)[O-])c(C)c3)s2)cs1. The molecule has 0 aliphatic rings. The lowest BCUT2D eigenvalue weighted by molar-refractivity contribution is -0.385. The van der Waals surface area contributed by atoms with Crippen LogP contribution >= 0.6 is 22.7 Å². The molecular formula is C18H17N3O3S2. The van der Waals surface area contributed by atoms with Crippen LogP contribution in [0.15, 0.2) is 35.7 Å². The molecule has 0 fully saturated rings. The van der Waals surface area contributed by atoms with Gasteiger partial charge in [-0.1, -0.05) is 0 Å². The zero-order valence-corrected chi connectivity index (χ0v) is 15.9. The Balaban J connectivity index is 1.56. The number of aromatic nitrogens is 1. The van der Waals surface area contributed by atoms with E-state index in [0.717, 1.165) is 22.0 Å². The average Bonchev–Trinajstić information content (AvgIpc) is 3.23. The van der Waals surface area contributed by atoms with Crippen LogP contribution in [-0.4, -0.2) is 22.4 Å². The van der Waals surface area contributed by atoms with Gasteiger partial charge < -0.3 is 5.32 Å². The highest BCUT2D eigenvalue weighted by atomic mass is 32.1. The molecule has 3 aromatic rings. The molecule has 0 aliphatic carbocycles. The van der Waals surface area contributed by atoms with E-state index in [0.29, 0.717) is 17.7 Å². The monoisotopic (exact) mass is 387 g/mol. The number of carbonyl (C=O) groups excluding carboxylic acids is 1. The van der Waals surface area contributed by atoms with Crippen LogP contribution in [0.2, 0.25) is 0 Å². The zero-order valence-electron chi connectivity index (χ0n) is 14.3. The van der Waals surface area contributed by atoms with Crippen LogP contribution in [0.5, 0.6) is 0 Å². The fourth-order valence-corrected chi connectivity index (χ4v) is 4.18. The van der Waals surface area contributed by atoms with Gasteiger partial charge in [0.15, 0.2) is 0 Å². The van der Waals surface area contributed by atoms with Crippen LogP contribution in [0, 0.1) is 24.0 Å². The zero-order chi connectivity index (χ0) is 18.7. The fourth-order valence-electron chi connectivity index (χ4n) is 2.53. The lowest BCUT2D eigenvalue weighted by Crippen LogP contribution is -2.25. The number of thiophene rings is 1. The number of carbonyl (C=O) groups is 1. The fraction of sp³-hybridized carbons (Fsp3) is 0.222. The molecule has 26 heavy (non-hydrogen) atoms. The minimum absolute atomic E-state index is 0.0185. The number of hydrogen-bond donors (Lipinski definition) is 1. The molecule has 3 rings (SSSR count). The third-order valence-electron chi connectivity index (χ3n) is 3.85. The van der Waals surface area contributed by atoms with Gasteiger partial charge in [-0.3, -0.25) is 14.9 Å². The summed E-state index contributed by atoms with van der Waals surface area (Å²) in [5.41, 5.74) is 1.92. The molecule has 1 aromatic carbocycles. The molecule has 0 spiro atoms. The molecule has 1 N–H and O–H groups in total. The number of thiazole rings is 1. The molecule has 8 heteroatoms. The third-order valence-corrected chi connectivity index (χ3v) is 5.79. The van der Waals surface area contributed by atoms with Gasteiger partial charge in [-0.2, -0.15) is 0 Å². The smallest absolute Gasteiger partial charge is 0.272 e. The van der Waals surface area contributed by atoms with Gasteiger partial charge in [-0.25, -0.2) is 4.98 Å². The molecule has 2 aromatic heterocycles. The van der Waals surface area contributed by atoms with E-state index in [1.807, 2.05) is 12.3 Å². The highest BCUT2D eigenvalue weighted by Crippen LogP contribution is 2.29. The molecule has 1 amide bonds. The number of nitro benzene ring substituents is 1. The van der Waals surface area contributed by atoms with E-state index in [1.165, 1.54) is 17.0 Å². The molecular weight excluding hydrogens is 370 g/mol. The number of aryl methyl sites for hydroxylation is 2. The third kappa shape index (κ3) is 4.14. The predicted octanol–water partition coefficient (Wildman–Crippen LogP) is 4.37. The highest BCUT2D eigenvalue weighted by Gasteiger charge is 2.13. The first kappa shape index (κ1) is 18.2. The second-order valence-electron chi connectivity index (χ2n) is 5.78. The van der Waals surface area contributed by atoms with Crippen molar-refractivity contribution in [3.8, 4) is 10.6 Å². The summed E-state index contributed by atoms with van der Waals surface area (Å²) in [6.45, 7) is 4.12. The maximum atomic E-state index is 12.2. The Morgan fingerprint density at radius 1 is 1.27 bits per heavy atom. The number of nitro groups is 1. The van der Waals surface area contributed by atoms with E-state index in [9.17, 15) is 14.9 Å². The molecule has 2 heterocycles. The summed E-state index contributed by atoms with van der Waals surface area (Å²) in [5.74, 6) is -0.227. The summed E-state index contributed by atoms with van der Waals surface area (Å²) in [6, 6.07) is 8.49. The van der Waals surface area contributed by atoms with Crippen LogP contribution in [0.25, 0.3) is 10.6 Å². The molecule has 0 saturated heterocycles. The number of rotatable bonds is 6. The number of nitrogens with one attached hydrogen (secondary N) is 1. The van der Waals surface area contributed by atoms with E-state index in [2.05, 4.69) is 22.4 Å². The summed E-state index contributed by atoms with van der Waals surface area (Å²) in [5, 5.41) is 16.8. The van der Waals surface area contributed by atoms with Crippen molar-refractivity contribution in [1.29, 1.82) is 0 Å². The first-order chi connectivity index (χ1) is 12.4. The molecule has 0 atom stereocenters. The van der Waals surface area contributed by atoms with Crippen molar-refractivity contribution in [2.24, 2.45) is 0 Å². The van der Waals surface area contributed by atoms with Crippen molar-refractivity contribution in [1.82, 2.24) is 10.3 Å². The van der Waals surface area contributed by atoms with Crippen molar-refractivity contribution in [3.05, 3.63) is 66.8 Å². The normalized spacial score (nSPS) is 10.7.